The van der Waals surface area contributed by atoms with Gasteiger partial charge in [-0.1, -0.05) is 6.07 Å². The van der Waals surface area contributed by atoms with Crippen LogP contribution in [0.5, 0.6) is 5.75 Å². The van der Waals surface area contributed by atoms with Crippen LogP contribution in [0.1, 0.15) is 12.0 Å². The number of ether oxygens (including phenoxy) is 1. The molecule has 0 unspecified atom stereocenters. The molecule has 0 spiro atoms. The molecule has 0 fully saturated rings. The molecule has 0 aliphatic rings. The highest BCUT2D eigenvalue weighted by molar-refractivity contribution is 5.78. The second-order valence-electron chi connectivity index (χ2n) is 4.14. The lowest BCUT2D eigenvalue weighted by Crippen LogP contribution is -2.30. The summed E-state index contributed by atoms with van der Waals surface area (Å²) in [4.78, 5) is 21.9. The highest BCUT2D eigenvalue weighted by Crippen LogP contribution is 2.17. The summed E-state index contributed by atoms with van der Waals surface area (Å²) in [5.41, 5.74) is 0.472. The van der Waals surface area contributed by atoms with E-state index in [1.807, 2.05) is 0 Å². The molecule has 1 aromatic carbocycles. The Morgan fingerprint density at radius 2 is 2.15 bits per heavy atom. The fourth-order valence-corrected chi connectivity index (χ4v) is 1.54. The SMILES string of the molecule is COc1ccc(CC(=O)NCC[C@H](O)C(=O)O)cc1F. The van der Waals surface area contributed by atoms with Gasteiger partial charge < -0.3 is 20.3 Å². The molecule has 0 saturated heterocycles. The average molecular weight is 285 g/mol. The number of aliphatic carboxylic acids is 1. The molecule has 1 rings (SSSR count). The standard InChI is InChI=1S/C13H16FNO5/c1-20-11-3-2-8(6-9(11)14)7-12(17)15-5-4-10(16)13(18)19/h2-3,6,10,16H,4-5,7H2,1H3,(H,15,17)(H,18,19)/t10-/m0/s1. The van der Waals surface area contributed by atoms with Crippen molar-refractivity contribution in [3.63, 3.8) is 0 Å². The van der Waals surface area contributed by atoms with Gasteiger partial charge in [0, 0.05) is 13.0 Å². The van der Waals surface area contributed by atoms with Crippen LogP contribution in [-0.2, 0) is 16.0 Å². The van der Waals surface area contributed by atoms with Crippen molar-refractivity contribution in [2.45, 2.75) is 18.9 Å². The lowest BCUT2D eigenvalue weighted by molar-refractivity contribution is -0.147. The fourth-order valence-electron chi connectivity index (χ4n) is 1.54. The molecule has 0 aliphatic heterocycles. The van der Waals surface area contributed by atoms with E-state index in [-0.39, 0.29) is 31.0 Å². The van der Waals surface area contributed by atoms with Crippen molar-refractivity contribution in [1.82, 2.24) is 5.32 Å². The van der Waals surface area contributed by atoms with E-state index < -0.39 is 17.9 Å². The van der Waals surface area contributed by atoms with Gasteiger partial charge in [0.25, 0.3) is 0 Å². The number of carbonyl (C=O) groups excluding carboxylic acids is 1. The van der Waals surface area contributed by atoms with Gasteiger partial charge >= 0.3 is 5.97 Å². The molecule has 0 heterocycles. The maximum absolute atomic E-state index is 13.4. The number of rotatable bonds is 7. The zero-order valence-electron chi connectivity index (χ0n) is 10.9. The van der Waals surface area contributed by atoms with Gasteiger partial charge in [0.2, 0.25) is 5.91 Å². The number of hydrogen-bond acceptors (Lipinski definition) is 4. The van der Waals surface area contributed by atoms with E-state index in [1.165, 1.54) is 19.2 Å². The van der Waals surface area contributed by atoms with Crippen molar-refractivity contribution in [3.8, 4) is 5.75 Å². The lowest BCUT2D eigenvalue weighted by Gasteiger charge is -2.08. The van der Waals surface area contributed by atoms with Crippen LogP contribution in [0, 0.1) is 5.82 Å². The summed E-state index contributed by atoms with van der Waals surface area (Å²) >= 11 is 0. The van der Waals surface area contributed by atoms with Gasteiger partial charge in [0.15, 0.2) is 17.7 Å². The number of carbonyl (C=O) groups is 2. The molecule has 0 saturated carbocycles. The minimum absolute atomic E-state index is 0.0327. The Bertz CT molecular complexity index is 492. The highest BCUT2D eigenvalue weighted by atomic mass is 19.1. The molecular formula is C13H16FNO5. The van der Waals surface area contributed by atoms with Crippen LogP contribution in [0.25, 0.3) is 0 Å². The smallest absolute Gasteiger partial charge is 0.332 e. The largest absolute Gasteiger partial charge is 0.494 e. The number of carboxylic acids is 1. The van der Waals surface area contributed by atoms with E-state index in [0.29, 0.717) is 5.56 Å². The molecule has 0 aromatic heterocycles. The third kappa shape index (κ3) is 4.85. The fraction of sp³-hybridized carbons (Fsp3) is 0.385. The molecule has 110 valence electrons. The number of benzene rings is 1. The van der Waals surface area contributed by atoms with E-state index in [0.717, 1.165) is 0 Å². The number of aliphatic hydroxyl groups excluding tert-OH is 1. The van der Waals surface area contributed by atoms with E-state index >= 15 is 0 Å². The maximum atomic E-state index is 13.4. The summed E-state index contributed by atoms with van der Waals surface area (Å²) in [5.74, 6) is -2.18. The van der Waals surface area contributed by atoms with Crippen molar-refractivity contribution in [2.75, 3.05) is 13.7 Å². The quantitative estimate of drug-likeness (QED) is 0.671. The Kier molecular flexibility index (Phi) is 5.92. The first-order valence-corrected chi connectivity index (χ1v) is 5.94. The summed E-state index contributed by atoms with van der Waals surface area (Å²) in [6.45, 7) is 0.0327. The summed E-state index contributed by atoms with van der Waals surface area (Å²) in [6.07, 6.45) is -1.63. The number of methoxy groups -OCH3 is 1. The van der Waals surface area contributed by atoms with E-state index in [1.54, 1.807) is 6.07 Å². The molecule has 1 aromatic rings. The zero-order valence-corrected chi connectivity index (χ0v) is 10.9. The molecule has 20 heavy (non-hydrogen) atoms. The zero-order chi connectivity index (χ0) is 15.1. The third-order valence-corrected chi connectivity index (χ3v) is 2.61. The normalized spacial score (nSPS) is 11.8. The average Bonchev–Trinajstić information content (AvgIpc) is 2.38. The molecule has 0 bridgehead atoms. The van der Waals surface area contributed by atoms with Gasteiger partial charge in [-0.25, -0.2) is 9.18 Å². The topological polar surface area (TPSA) is 95.9 Å². The number of halogens is 1. The van der Waals surface area contributed by atoms with Gasteiger partial charge in [-0.3, -0.25) is 4.79 Å². The summed E-state index contributed by atoms with van der Waals surface area (Å²) in [5, 5.41) is 19.9. The van der Waals surface area contributed by atoms with Crippen molar-refractivity contribution < 1.29 is 28.9 Å². The first kappa shape index (κ1) is 15.9. The number of amides is 1. The number of carboxylic acid groups (broad SMARTS) is 1. The molecule has 0 aliphatic carbocycles. The molecule has 0 radical (unpaired) electrons. The predicted molar refractivity (Wildman–Crippen MR) is 67.9 cm³/mol. The van der Waals surface area contributed by atoms with Crippen LogP contribution in [0.4, 0.5) is 4.39 Å². The molecule has 3 N–H and O–H groups in total. The monoisotopic (exact) mass is 285 g/mol. The van der Waals surface area contributed by atoms with Gasteiger partial charge in [0.05, 0.1) is 13.5 Å². The van der Waals surface area contributed by atoms with Crippen LogP contribution in [-0.4, -0.2) is 41.8 Å². The third-order valence-electron chi connectivity index (χ3n) is 2.61. The van der Waals surface area contributed by atoms with Crippen molar-refractivity contribution in [3.05, 3.63) is 29.6 Å². The van der Waals surface area contributed by atoms with Crippen LogP contribution < -0.4 is 10.1 Å². The maximum Gasteiger partial charge on any atom is 0.332 e. The van der Waals surface area contributed by atoms with Crippen LogP contribution >= 0.6 is 0 Å². The molecule has 1 atom stereocenters. The van der Waals surface area contributed by atoms with Crippen LogP contribution in [0.2, 0.25) is 0 Å². The Morgan fingerprint density at radius 1 is 1.45 bits per heavy atom. The lowest BCUT2D eigenvalue weighted by atomic mass is 10.1. The minimum atomic E-state index is -1.51. The van der Waals surface area contributed by atoms with Crippen molar-refractivity contribution in [1.29, 1.82) is 0 Å². The molecular weight excluding hydrogens is 269 g/mol. The van der Waals surface area contributed by atoms with Gasteiger partial charge in [-0.2, -0.15) is 0 Å². The number of aliphatic hydroxyl groups is 1. The molecule has 1 amide bonds. The summed E-state index contributed by atoms with van der Waals surface area (Å²) < 4.78 is 18.2. The van der Waals surface area contributed by atoms with Gasteiger partial charge in [-0.15, -0.1) is 0 Å². The van der Waals surface area contributed by atoms with Crippen LogP contribution in [0.15, 0.2) is 18.2 Å². The Hall–Kier alpha value is -2.15. The predicted octanol–water partition coefficient (Wildman–Crippen LogP) is 0.329. The first-order chi connectivity index (χ1) is 9.43. The second-order valence-corrected chi connectivity index (χ2v) is 4.14. The van der Waals surface area contributed by atoms with Crippen molar-refractivity contribution >= 4 is 11.9 Å². The van der Waals surface area contributed by atoms with E-state index in [2.05, 4.69) is 5.32 Å². The van der Waals surface area contributed by atoms with Gasteiger partial charge in [-0.05, 0) is 17.7 Å². The van der Waals surface area contributed by atoms with E-state index in [4.69, 9.17) is 14.9 Å². The number of hydrogen-bond donors (Lipinski definition) is 3. The van der Waals surface area contributed by atoms with Crippen LogP contribution in [0.3, 0.4) is 0 Å². The Morgan fingerprint density at radius 3 is 2.70 bits per heavy atom. The minimum Gasteiger partial charge on any atom is -0.494 e. The molecule has 6 nitrogen and oxygen atoms in total. The Labute approximate surface area is 115 Å². The van der Waals surface area contributed by atoms with E-state index in [9.17, 15) is 14.0 Å². The second kappa shape index (κ2) is 7.44. The molecule has 7 heteroatoms. The van der Waals surface area contributed by atoms with Crippen molar-refractivity contribution in [2.24, 2.45) is 0 Å². The Balaban J connectivity index is 2.43. The summed E-state index contributed by atoms with van der Waals surface area (Å²) in [7, 11) is 1.35. The first-order valence-electron chi connectivity index (χ1n) is 5.94. The van der Waals surface area contributed by atoms with Gasteiger partial charge in [0.1, 0.15) is 0 Å². The number of nitrogens with one attached hydrogen (secondary N) is 1. The highest BCUT2D eigenvalue weighted by Gasteiger charge is 2.13. The summed E-state index contributed by atoms with van der Waals surface area (Å²) in [6, 6.07) is 4.18.